The molecule has 1 aliphatic heterocycles. The summed E-state index contributed by atoms with van der Waals surface area (Å²) in [4.78, 5) is 4.76. The van der Waals surface area contributed by atoms with Crippen LogP contribution in [0.25, 0.3) is 0 Å². The molecule has 2 aromatic carbocycles. The number of nitrogens with zero attached hydrogens (tertiary/aromatic N) is 2. The van der Waals surface area contributed by atoms with Crippen LogP contribution in [0.1, 0.15) is 17.5 Å². The number of hydrogen-bond acceptors (Lipinski definition) is 5. The minimum atomic E-state index is -3.36. The van der Waals surface area contributed by atoms with Crippen molar-refractivity contribution in [1.29, 1.82) is 0 Å². The molecule has 1 fully saturated rings. The number of anilines is 1. The van der Waals surface area contributed by atoms with Crippen molar-refractivity contribution in [2.45, 2.75) is 18.6 Å². The summed E-state index contributed by atoms with van der Waals surface area (Å²) >= 11 is 0. The Hall–Kier alpha value is -2.09. The average molecular weight is 418 g/mol. The van der Waals surface area contributed by atoms with Crippen LogP contribution in [-0.2, 0) is 22.2 Å². The van der Waals surface area contributed by atoms with Gasteiger partial charge in [0.2, 0.25) is 10.0 Å². The van der Waals surface area contributed by atoms with Crippen LogP contribution < -0.4 is 14.4 Å². The fourth-order valence-corrected chi connectivity index (χ4v) is 4.67. The number of likely N-dealkylation sites (N-methyl/N-ethyl adjacent to an activating group) is 1. The predicted molar refractivity (Wildman–Crippen MR) is 118 cm³/mol. The molecule has 0 spiro atoms. The van der Waals surface area contributed by atoms with Crippen LogP contribution in [-0.4, -0.2) is 60.2 Å². The molecule has 0 saturated carbocycles. The molecule has 1 aliphatic rings. The first-order valence-electron chi connectivity index (χ1n) is 10.1. The molecule has 29 heavy (non-hydrogen) atoms. The number of aryl methyl sites for hydroxylation is 1. The van der Waals surface area contributed by atoms with Crippen molar-refractivity contribution in [1.82, 2.24) is 9.62 Å². The van der Waals surface area contributed by atoms with E-state index in [9.17, 15) is 8.42 Å². The molecule has 0 aromatic heterocycles. The van der Waals surface area contributed by atoms with Gasteiger partial charge in [0.1, 0.15) is 5.75 Å². The Morgan fingerprint density at radius 2 is 1.72 bits per heavy atom. The smallest absolute Gasteiger partial charge is 0.215 e. The molecule has 0 atom stereocenters. The lowest BCUT2D eigenvalue weighted by molar-refractivity contribution is 0.313. The monoisotopic (exact) mass is 417 g/mol. The maximum absolute atomic E-state index is 12.3. The summed E-state index contributed by atoms with van der Waals surface area (Å²) in [5.74, 6) is 0.627. The van der Waals surface area contributed by atoms with Gasteiger partial charge in [-0.3, -0.25) is 0 Å². The number of nitrogens with one attached hydrogen (secondary N) is 1. The van der Waals surface area contributed by atoms with E-state index in [4.69, 9.17) is 4.74 Å². The third kappa shape index (κ3) is 6.73. The molecule has 0 radical (unpaired) electrons. The van der Waals surface area contributed by atoms with Crippen LogP contribution in [0.2, 0.25) is 0 Å². The Morgan fingerprint density at radius 1 is 1.00 bits per heavy atom. The van der Waals surface area contributed by atoms with Crippen LogP contribution in [0.5, 0.6) is 5.75 Å². The van der Waals surface area contributed by atoms with Gasteiger partial charge in [-0.05, 0) is 55.3 Å². The zero-order chi connectivity index (χ0) is 20.7. The third-order valence-electron chi connectivity index (χ3n) is 5.26. The van der Waals surface area contributed by atoms with Gasteiger partial charge in [0.15, 0.2) is 0 Å². The van der Waals surface area contributed by atoms with E-state index in [1.54, 1.807) is 31.4 Å². The summed E-state index contributed by atoms with van der Waals surface area (Å²) in [6.45, 7) is 4.75. The van der Waals surface area contributed by atoms with Gasteiger partial charge in [0.05, 0.1) is 12.9 Å². The maximum Gasteiger partial charge on any atom is 0.215 e. The van der Waals surface area contributed by atoms with Crippen LogP contribution in [0, 0.1) is 0 Å². The van der Waals surface area contributed by atoms with Crippen molar-refractivity contribution in [2.75, 3.05) is 51.8 Å². The second kappa shape index (κ2) is 10.1. The highest BCUT2D eigenvalue weighted by Gasteiger charge is 2.14. The first kappa shape index (κ1) is 21.6. The number of hydrogen-bond donors (Lipinski definition) is 1. The fourth-order valence-electron chi connectivity index (χ4n) is 3.49. The highest BCUT2D eigenvalue weighted by Crippen LogP contribution is 2.18. The van der Waals surface area contributed by atoms with Crippen molar-refractivity contribution in [3.05, 3.63) is 59.7 Å². The van der Waals surface area contributed by atoms with Gasteiger partial charge in [0, 0.05) is 38.4 Å². The van der Waals surface area contributed by atoms with Gasteiger partial charge in [-0.25, -0.2) is 13.1 Å². The SMILES string of the molecule is COc1cccc(CS(=O)(=O)NCCCc2ccc(N3CCN(C)CC3)cc2)c1. The maximum atomic E-state index is 12.3. The Morgan fingerprint density at radius 3 is 2.41 bits per heavy atom. The van der Waals surface area contributed by atoms with E-state index in [-0.39, 0.29) is 5.75 Å². The van der Waals surface area contributed by atoms with Crippen molar-refractivity contribution < 1.29 is 13.2 Å². The van der Waals surface area contributed by atoms with E-state index < -0.39 is 10.0 Å². The summed E-state index contributed by atoms with van der Waals surface area (Å²) in [6.07, 6.45) is 1.62. The van der Waals surface area contributed by atoms with Crippen LogP contribution in [0.15, 0.2) is 48.5 Å². The van der Waals surface area contributed by atoms with Crippen LogP contribution in [0.3, 0.4) is 0 Å². The Labute approximate surface area is 174 Å². The highest BCUT2D eigenvalue weighted by molar-refractivity contribution is 7.88. The van der Waals surface area contributed by atoms with E-state index in [2.05, 4.69) is 45.8 Å². The molecule has 0 aliphatic carbocycles. The summed E-state index contributed by atoms with van der Waals surface area (Å²) in [5, 5.41) is 0. The molecular weight excluding hydrogens is 386 g/mol. The molecule has 6 nitrogen and oxygen atoms in total. The number of methoxy groups -OCH3 is 1. The third-order valence-corrected chi connectivity index (χ3v) is 6.62. The highest BCUT2D eigenvalue weighted by atomic mass is 32.2. The molecule has 2 aromatic rings. The number of ether oxygens (including phenoxy) is 1. The van der Waals surface area contributed by atoms with E-state index in [0.717, 1.165) is 44.6 Å². The van der Waals surface area contributed by atoms with Crippen molar-refractivity contribution in [3.8, 4) is 5.75 Å². The molecule has 7 heteroatoms. The molecule has 1 saturated heterocycles. The van der Waals surface area contributed by atoms with Gasteiger partial charge in [-0.2, -0.15) is 0 Å². The minimum Gasteiger partial charge on any atom is -0.497 e. The normalized spacial score (nSPS) is 15.4. The molecule has 158 valence electrons. The summed E-state index contributed by atoms with van der Waals surface area (Å²) in [5.41, 5.74) is 3.21. The second-order valence-corrected chi connectivity index (χ2v) is 9.37. The average Bonchev–Trinajstić information content (AvgIpc) is 2.72. The molecule has 3 rings (SSSR count). The Bertz CT molecular complexity index is 876. The summed E-state index contributed by atoms with van der Waals surface area (Å²) in [6, 6.07) is 15.8. The van der Waals surface area contributed by atoms with Gasteiger partial charge >= 0.3 is 0 Å². The van der Waals surface area contributed by atoms with Gasteiger partial charge in [-0.15, -0.1) is 0 Å². The molecule has 1 heterocycles. The van der Waals surface area contributed by atoms with E-state index in [1.165, 1.54) is 11.3 Å². The first-order chi connectivity index (χ1) is 13.9. The largest absolute Gasteiger partial charge is 0.497 e. The number of piperazine rings is 1. The van der Waals surface area contributed by atoms with Crippen molar-refractivity contribution in [2.24, 2.45) is 0 Å². The van der Waals surface area contributed by atoms with Crippen molar-refractivity contribution in [3.63, 3.8) is 0 Å². The van der Waals surface area contributed by atoms with Gasteiger partial charge in [-0.1, -0.05) is 24.3 Å². The zero-order valence-corrected chi connectivity index (χ0v) is 18.1. The lowest BCUT2D eigenvalue weighted by atomic mass is 10.1. The van der Waals surface area contributed by atoms with Crippen molar-refractivity contribution >= 4 is 15.7 Å². The molecule has 1 N–H and O–H groups in total. The minimum absolute atomic E-state index is 0.0378. The zero-order valence-electron chi connectivity index (χ0n) is 17.3. The lowest BCUT2D eigenvalue weighted by Crippen LogP contribution is -2.44. The van der Waals surface area contributed by atoms with E-state index >= 15 is 0 Å². The number of sulfonamides is 1. The summed E-state index contributed by atoms with van der Waals surface area (Å²) in [7, 11) is 0.375. The molecular formula is C22H31N3O3S. The quantitative estimate of drug-likeness (QED) is 0.635. The van der Waals surface area contributed by atoms with Gasteiger partial charge in [0.25, 0.3) is 0 Å². The molecule has 0 unspecified atom stereocenters. The topological polar surface area (TPSA) is 61.9 Å². The molecule has 0 amide bonds. The van der Waals surface area contributed by atoms with Gasteiger partial charge < -0.3 is 14.5 Å². The standard InChI is InChI=1S/C22H31N3O3S/c1-24-13-15-25(16-14-24)21-10-8-19(9-11-21)6-4-12-23-29(26,27)18-20-5-3-7-22(17-20)28-2/h3,5,7-11,17,23H,4,6,12-16,18H2,1-2H3. The van der Waals surface area contributed by atoms with E-state index in [0.29, 0.717) is 12.3 Å². The van der Waals surface area contributed by atoms with Crippen LogP contribution >= 0.6 is 0 Å². The fraction of sp³-hybridized carbons (Fsp3) is 0.455. The number of rotatable bonds is 9. The second-order valence-electron chi connectivity index (χ2n) is 7.57. The van der Waals surface area contributed by atoms with Crippen LogP contribution in [0.4, 0.5) is 5.69 Å². The first-order valence-corrected chi connectivity index (χ1v) is 11.7. The predicted octanol–water partition coefficient (Wildman–Crippen LogP) is 2.50. The lowest BCUT2D eigenvalue weighted by Gasteiger charge is -2.34. The molecule has 0 bridgehead atoms. The van der Waals surface area contributed by atoms with E-state index in [1.807, 2.05) is 0 Å². The summed E-state index contributed by atoms with van der Waals surface area (Å²) < 4.78 is 32.4. The Balaban J connectivity index is 1.42. The Kier molecular flexibility index (Phi) is 7.52. The number of benzene rings is 2.